The number of hydrogen-bond acceptors (Lipinski definition) is 4. The molecule has 1 aliphatic heterocycles. The van der Waals surface area contributed by atoms with Crippen LogP contribution < -0.4 is 9.47 Å². The van der Waals surface area contributed by atoms with Crippen molar-refractivity contribution in [2.75, 3.05) is 27.9 Å². The molecule has 1 aromatic rings. The van der Waals surface area contributed by atoms with E-state index in [1.54, 1.807) is 14.2 Å². The van der Waals surface area contributed by atoms with Crippen LogP contribution in [-0.4, -0.2) is 38.9 Å². The molecule has 0 aliphatic carbocycles. The summed E-state index contributed by atoms with van der Waals surface area (Å²) in [7, 11) is 4.77. The Morgan fingerprint density at radius 2 is 1.52 bits per heavy atom. The zero-order valence-corrected chi connectivity index (χ0v) is 18.8. The molecule has 0 bridgehead atoms. The lowest BCUT2D eigenvalue weighted by Crippen LogP contribution is -2.40. The van der Waals surface area contributed by atoms with Gasteiger partial charge in [0.25, 0.3) is 0 Å². The maximum atomic E-state index is 12.4. The maximum absolute atomic E-state index is 12.4. The zero-order valence-electron chi connectivity index (χ0n) is 18.8. The minimum Gasteiger partial charge on any atom is -0.493 e. The van der Waals surface area contributed by atoms with E-state index in [-0.39, 0.29) is 12.1 Å². The van der Waals surface area contributed by atoms with Gasteiger partial charge >= 0.3 is 6.09 Å². The summed E-state index contributed by atoms with van der Waals surface area (Å²) in [6.45, 7) is 2.93. The van der Waals surface area contributed by atoms with Crippen LogP contribution in [0.3, 0.4) is 0 Å². The van der Waals surface area contributed by atoms with Gasteiger partial charge in [0.05, 0.1) is 27.4 Å². The second kappa shape index (κ2) is 12.6. The Morgan fingerprint density at radius 1 is 0.931 bits per heavy atom. The first-order valence-corrected chi connectivity index (χ1v) is 11.3. The van der Waals surface area contributed by atoms with E-state index in [2.05, 4.69) is 13.0 Å². The molecule has 5 heteroatoms. The van der Waals surface area contributed by atoms with Gasteiger partial charge in [-0.1, -0.05) is 64.7 Å². The molecule has 2 rings (SSSR count). The fraction of sp³-hybridized carbons (Fsp3) is 0.708. The number of nitrogens with zero attached hydrogens (tertiary/aromatic N) is 1. The topological polar surface area (TPSA) is 48.0 Å². The highest BCUT2D eigenvalue weighted by atomic mass is 16.5. The van der Waals surface area contributed by atoms with Crippen molar-refractivity contribution in [3.8, 4) is 11.5 Å². The molecule has 164 valence electrons. The lowest BCUT2D eigenvalue weighted by Gasteiger charge is -2.37. The van der Waals surface area contributed by atoms with E-state index in [9.17, 15) is 4.79 Å². The van der Waals surface area contributed by atoms with Crippen LogP contribution in [-0.2, 0) is 11.2 Å². The third-order valence-corrected chi connectivity index (χ3v) is 5.99. The molecule has 1 aliphatic rings. The average molecular weight is 406 g/mol. The molecule has 0 spiro atoms. The predicted octanol–water partition coefficient (Wildman–Crippen LogP) is 6.29. The van der Waals surface area contributed by atoms with Gasteiger partial charge in [-0.25, -0.2) is 4.79 Å². The first-order chi connectivity index (χ1) is 14.2. The molecule has 0 saturated carbocycles. The van der Waals surface area contributed by atoms with Crippen molar-refractivity contribution in [2.24, 2.45) is 0 Å². The smallest absolute Gasteiger partial charge is 0.410 e. The van der Waals surface area contributed by atoms with Gasteiger partial charge in [-0.15, -0.1) is 0 Å². The zero-order chi connectivity index (χ0) is 21.1. The van der Waals surface area contributed by atoms with Crippen LogP contribution in [0, 0.1) is 0 Å². The van der Waals surface area contributed by atoms with Crippen molar-refractivity contribution in [3.63, 3.8) is 0 Å². The molecule has 0 fully saturated rings. The molecule has 0 N–H and O–H groups in total. The number of methoxy groups -OCH3 is 3. The second-order valence-corrected chi connectivity index (χ2v) is 7.95. The maximum Gasteiger partial charge on any atom is 0.410 e. The predicted molar refractivity (Wildman–Crippen MR) is 117 cm³/mol. The van der Waals surface area contributed by atoms with Gasteiger partial charge < -0.3 is 19.1 Å². The number of carbonyl (C=O) groups excluding carboxylic acids is 1. The fourth-order valence-electron chi connectivity index (χ4n) is 4.32. The SMILES string of the molecule is CCCCCCCCCCCC1c2cc(OC)c(OC)cc2CCN1C(=O)OC. The molecular weight excluding hydrogens is 366 g/mol. The number of unbranched alkanes of at least 4 members (excludes halogenated alkanes) is 8. The van der Waals surface area contributed by atoms with Crippen molar-refractivity contribution in [1.82, 2.24) is 4.90 Å². The van der Waals surface area contributed by atoms with Gasteiger partial charge in [0.2, 0.25) is 0 Å². The van der Waals surface area contributed by atoms with Crippen molar-refractivity contribution < 1.29 is 19.0 Å². The van der Waals surface area contributed by atoms with Crippen LogP contribution in [0.4, 0.5) is 4.79 Å². The number of amides is 1. The molecule has 1 aromatic carbocycles. The van der Waals surface area contributed by atoms with Crippen molar-refractivity contribution in [3.05, 3.63) is 23.3 Å². The van der Waals surface area contributed by atoms with E-state index in [0.29, 0.717) is 6.54 Å². The number of benzene rings is 1. The molecule has 0 radical (unpaired) electrons. The molecule has 5 nitrogen and oxygen atoms in total. The van der Waals surface area contributed by atoms with E-state index >= 15 is 0 Å². The Kier molecular flexibility index (Phi) is 10.2. The van der Waals surface area contributed by atoms with Crippen molar-refractivity contribution >= 4 is 6.09 Å². The Hall–Kier alpha value is -1.91. The van der Waals surface area contributed by atoms with E-state index < -0.39 is 0 Å². The van der Waals surface area contributed by atoms with Gasteiger partial charge in [-0.3, -0.25) is 0 Å². The normalized spacial score (nSPS) is 15.7. The molecule has 0 saturated heterocycles. The lowest BCUT2D eigenvalue weighted by molar-refractivity contribution is 0.0973. The molecule has 1 unspecified atom stereocenters. The van der Waals surface area contributed by atoms with Crippen LogP contribution in [0.2, 0.25) is 0 Å². The van der Waals surface area contributed by atoms with Gasteiger partial charge in [-0.05, 0) is 36.1 Å². The minimum atomic E-state index is -0.244. The first-order valence-electron chi connectivity index (χ1n) is 11.3. The average Bonchev–Trinajstić information content (AvgIpc) is 2.76. The van der Waals surface area contributed by atoms with Gasteiger partial charge in [0.15, 0.2) is 11.5 Å². The molecule has 1 atom stereocenters. The van der Waals surface area contributed by atoms with Crippen molar-refractivity contribution in [2.45, 2.75) is 83.6 Å². The van der Waals surface area contributed by atoms with Crippen LogP contribution in [0.25, 0.3) is 0 Å². The van der Waals surface area contributed by atoms with Crippen LogP contribution >= 0.6 is 0 Å². The Labute approximate surface area is 176 Å². The fourth-order valence-corrected chi connectivity index (χ4v) is 4.32. The highest BCUT2D eigenvalue weighted by Crippen LogP contribution is 2.40. The summed E-state index contributed by atoms with van der Waals surface area (Å²) in [5.41, 5.74) is 2.41. The molecule has 1 heterocycles. The van der Waals surface area contributed by atoms with Crippen molar-refractivity contribution in [1.29, 1.82) is 0 Å². The molecular formula is C24H39NO4. The summed E-state index contributed by atoms with van der Waals surface area (Å²) in [4.78, 5) is 14.2. The van der Waals surface area contributed by atoms with E-state index in [0.717, 1.165) is 30.8 Å². The Morgan fingerprint density at radius 3 is 2.10 bits per heavy atom. The largest absolute Gasteiger partial charge is 0.493 e. The first kappa shape index (κ1) is 23.4. The highest BCUT2D eigenvalue weighted by molar-refractivity contribution is 5.69. The quantitative estimate of drug-likeness (QED) is 0.383. The van der Waals surface area contributed by atoms with Gasteiger partial charge in [0, 0.05) is 6.54 Å². The third kappa shape index (κ3) is 6.55. The Balaban J connectivity index is 1.98. The van der Waals surface area contributed by atoms with Crippen LogP contribution in [0.15, 0.2) is 12.1 Å². The second-order valence-electron chi connectivity index (χ2n) is 7.95. The number of ether oxygens (including phenoxy) is 3. The standard InChI is InChI=1S/C24H39NO4/c1-5-6-7-8-9-10-11-12-13-14-21-20-18-23(28-3)22(27-2)17-19(20)15-16-25(21)24(26)29-4/h17-18,21H,5-16H2,1-4H3. The summed E-state index contributed by atoms with van der Waals surface area (Å²) in [5.74, 6) is 1.47. The summed E-state index contributed by atoms with van der Waals surface area (Å²) < 4.78 is 16.0. The molecule has 29 heavy (non-hydrogen) atoms. The van der Waals surface area contributed by atoms with E-state index in [1.165, 1.54) is 69.6 Å². The monoisotopic (exact) mass is 405 g/mol. The lowest BCUT2D eigenvalue weighted by atomic mass is 9.89. The summed E-state index contributed by atoms with van der Waals surface area (Å²) in [5, 5.41) is 0. The third-order valence-electron chi connectivity index (χ3n) is 5.99. The molecule has 0 aromatic heterocycles. The summed E-state index contributed by atoms with van der Waals surface area (Å²) >= 11 is 0. The number of rotatable bonds is 12. The molecule has 1 amide bonds. The van der Waals surface area contributed by atoms with Crippen LogP contribution in [0.5, 0.6) is 11.5 Å². The summed E-state index contributed by atoms with van der Waals surface area (Å²) in [6, 6.07) is 4.14. The number of fused-ring (bicyclic) bond motifs is 1. The highest BCUT2D eigenvalue weighted by Gasteiger charge is 2.32. The minimum absolute atomic E-state index is 0.0376. The Bertz CT molecular complexity index is 632. The van der Waals surface area contributed by atoms with Gasteiger partial charge in [0.1, 0.15) is 0 Å². The van der Waals surface area contributed by atoms with Crippen LogP contribution in [0.1, 0.15) is 88.3 Å². The summed E-state index contributed by atoms with van der Waals surface area (Å²) in [6.07, 6.45) is 13.2. The number of carbonyl (C=O) groups is 1. The van der Waals surface area contributed by atoms with E-state index in [4.69, 9.17) is 14.2 Å². The van der Waals surface area contributed by atoms with E-state index in [1.807, 2.05) is 11.0 Å². The number of hydrogen-bond donors (Lipinski definition) is 0. The van der Waals surface area contributed by atoms with Gasteiger partial charge in [-0.2, -0.15) is 0 Å².